The van der Waals surface area contributed by atoms with Crippen molar-refractivity contribution in [3.05, 3.63) is 60.2 Å². The van der Waals surface area contributed by atoms with Crippen LogP contribution in [0.4, 0.5) is 5.69 Å². The van der Waals surface area contributed by atoms with Crippen LogP contribution < -0.4 is 10.1 Å². The molecular weight excluding hydrogens is 418 g/mol. The van der Waals surface area contributed by atoms with Crippen LogP contribution in [0.1, 0.15) is 37.7 Å². The Morgan fingerprint density at radius 2 is 1.76 bits per heavy atom. The SMILES string of the molecule is O=C(O)CCc1ccc(OCC2CCCC2)c(-c2ccc3ccc(NC(=O)CO)cc3c2)c1. The number of carbonyl (C=O) groups is 2. The molecule has 4 rings (SSSR count). The van der Waals surface area contributed by atoms with E-state index in [1.807, 2.05) is 48.5 Å². The van der Waals surface area contributed by atoms with Crippen LogP contribution in [-0.2, 0) is 16.0 Å². The van der Waals surface area contributed by atoms with Gasteiger partial charge in [-0.05, 0) is 77.4 Å². The summed E-state index contributed by atoms with van der Waals surface area (Å²) in [6.45, 7) is 0.120. The fourth-order valence-corrected chi connectivity index (χ4v) is 4.41. The zero-order chi connectivity index (χ0) is 23.2. The number of carbonyl (C=O) groups excluding carboxylic acids is 1. The molecule has 3 N–H and O–H groups in total. The first-order valence-electron chi connectivity index (χ1n) is 11.4. The molecule has 6 heteroatoms. The Bertz CT molecular complexity index is 1150. The number of aliphatic carboxylic acids is 1. The zero-order valence-electron chi connectivity index (χ0n) is 18.5. The van der Waals surface area contributed by atoms with E-state index in [0.29, 0.717) is 24.6 Å². The molecule has 1 aliphatic carbocycles. The summed E-state index contributed by atoms with van der Waals surface area (Å²) in [5.41, 5.74) is 3.46. The molecule has 0 unspecified atom stereocenters. The molecular formula is C27H29NO5. The number of nitrogens with one attached hydrogen (secondary N) is 1. The molecule has 0 atom stereocenters. The van der Waals surface area contributed by atoms with E-state index in [1.165, 1.54) is 25.7 Å². The standard InChI is InChI=1S/C27H29NO5/c29-16-26(30)28-23-10-9-20-7-8-21(14-22(20)15-23)24-13-18(6-12-27(31)32)5-11-25(24)33-17-19-3-1-2-4-19/h5,7-11,13-15,19,29H,1-4,6,12,16-17H2,(H,28,30)(H,31,32). The number of ether oxygens (including phenoxy) is 1. The van der Waals surface area contributed by atoms with Gasteiger partial charge in [0.15, 0.2) is 0 Å². The van der Waals surface area contributed by atoms with E-state index in [1.54, 1.807) is 6.07 Å². The maximum Gasteiger partial charge on any atom is 0.303 e. The number of anilines is 1. The van der Waals surface area contributed by atoms with Gasteiger partial charge in [-0.25, -0.2) is 0 Å². The Morgan fingerprint density at radius 3 is 2.52 bits per heavy atom. The number of aliphatic hydroxyl groups excluding tert-OH is 1. The fourth-order valence-electron chi connectivity index (χ4n) is 4.41. The Hall–Kier alpha value is -3.38. The summed E-state index contributed by atoms with van der Waals surface area (Å²) < 4.78 is 6.26. The maximum absolute atomic E-state index is 11.6. The highest BCUT2D eigenvalue weighted by Crippen LogP contribution is 2.35. The molecule has 33 heavy (non-hydrogen) atoms. The maximum atomic E-state index is 11.6. The Morgan fingerprint density at radius 1 is 0.970 bits per heavy atom. The van der Waals surface area contributed by atoms with Crippen LogP contribution in [0.15, 0.2) is 54.6 Å². The van der Waals surface area contributed by atoms with Gasteiger partial charge in [-0.15, -0.1) is 0 Å². The summed E-state index contributed by atoms with van der Waals surface area (Å²) in [4.78, 5) is 22.6. The summed E-state index contributed by atoms with van der Waals surface area (Å²) >= 11 is 0. The van der Waals surface area contributed by atoms with Gasteiger partial charge in [-0.2, -0.15) is 0 Å². The molecule has 0 saturated heterocycles. The van der Waals surface area contributed by atoms with Crippen molar-refractivity contribution in [3.63, 3.8) is 0 Å². The van der Waals surface area contributed by atoms with Gasteiger partial charge >= 0.3 is 5.97 Å². The molecule has 3 aromatic carbocycles. The van der Waals surface area contributed by atoms with Crippen molar-refractivity contribution in [3.8, 4) is 16.9 Å². The fraction of sp³-hybridized carbons (Fsp3) is 0.333. The molecule has 0 bridgehead atoms. The van der Waals surface area contributed by atoms with E-state index in [9.17, 15) is 9.59 Å². The summed E-state index contributed by atoms with van der Waals surface area (Å²) in [6, 6.07) is 17.6. The van der Waals surface area contributed by atoms with E-state index >= 15 is 0 Å². The highest BCUT2D eigenvalue weighted by atomic mass is 16.5. The zero-order valence-corrected chi connectivity index (χ0v) is 18.5. The van der Waals surface area contributed by atoms with E-state index in [2.05, 4.69) is 5.32 Å². The minimum absolute atomic E-state index is 0.0767. The predicted octanol–water partition coefficient (Wildman–Crippen LogP) is 5.02. The molecule has 1 fully saturated rings. The summed E-state index contributed by atoms with van der Waals surface area (Å²) in [5, 5.41) is 22.7. The van der Waals surface area contributed by atoms with Crippen molar-refractivity contribution in [2.75, 3.05) is 18.5 Å². The topological polar surface area (TPSA) is 95.9 Å². The number of aryl methyl sites for hydroxylation is 1. The molecule has 1 saturated carbocycles. The molecule has 172 valence electrons. The molecule has 0 spiro atoms. The summed E-state index contributed by atoms with van der Waals surface area (Å²) in [5.74, 6) is 0.101. The highest BCUT2D eigenvalue weighted by Gasteiger charge is 2.17. The van der Waals surface area contributed by atoms with Crippen molar-refractivity contribution in [1.29, 1.82) is 0 Å². The van der Waals surface area contributed by atoms with Crippen molar-refractivity contribution >= 4 is 28.3 Å². The van der Waals surface area contributed by atoms with Crippen LogP contribution in [0.3, 0.4) is 0 Å². The quantitative estimate of drug-likeness (QED) is 0.428. The number of hydrogen-bond donors (Lipinski definition) is 3. The number of carboxylic acid groups (broad SMARTS) is 1. The predicted molar refractivity (Wildman–Crippen MR) is 129 cm³/mol. The average Bonchev–Trinajstić information content (AvgIpc) is 3.35. The number of carboxylic acids is 1. The Kier molecular flexibility index (Phi) is 7.25. The van der Waals surface area contributed by atoms with E-state index in [-0.39, 0.29) is 6.42 Å². The lowest BCUT2D eigenvalue weighted by molar-refractivity contribution is -0.137. The number of benzene rings is 3. The second-order valence-electron chi connectivity index (χ2n) is 8.67. The van der Waals surface area contributed by atoms with Crippen molar-refractivity contribution in [2.45, 2.75) is 38.5 Å². The first-order valence-corrected chi connectivity index (χ1v) is 11.4. The number of fused-ring (bicyclic) bond motifs is 1. The van der Waals surface area contributed by atoms with Crippen LogP contribution >= 0.6 is 0 Å². The number of aliphatic hydroxyl groups is 1. The number of hydrogen-bond acceptors (Lipinski definition) is 4. The van der Waals surface area contributed by atoms with E-state index in [4.69, 9.17) is 14.9 Å². The summed E-state index contributed by atoms with van der Waals surface area (Å²) in [7, 11) is 0. The third kappa shape index (κ3) is 5.90. The van der Waals surface area contributed by atoms with Crippen LogP contribution in [0.5, 0.6) is 5.75 Å². The van der Waals surface area contributed by atoms with Gasteiger partial charge in [-0.1, -0.05) is 37.1 Å². The van der Waals surface area contributed by atoms with Crippen LogP contribution in [0.25, 0.3) is 21.9 Å². The summed E-state index contributed by atoms with van der Waals surface area (Å²) in [6.07, 6.45) is 5.45. The minimum atomic E-state index is -0.818. The van der Waals surface area contributed by atoms with Crippen LogP contribution in [0, 0.1) is 5.92 Å². The lowest BCUT2D eigenvalue weighted by atomic mass is 9.97. The van der Waals surface area contributed by atoms with Crippen molar-refractivity contribution < 1.29 is 24.5 Å². The largest absolute Gasteiger partial charge is 0.493 e. The second kappa shape index (κ2) is 10.5. The Labute approximate surface area is 193 Å². The third-order valence-electron chi connectivity index (χ3n) is 6.20. The lowest BCUT2D eigenvalue weighted by Crippen LogP contribution is -2.15. The van der Waals surface area contributed by atoms with Crippen molar-refractivity contribution in [2.24, 2.45) is 5.92 Å². The number of rotatable bonds is 9. The lowest BCUT2D eigenvalue weighted by Gasteiger charge is -2.17. The number of amides is 1. The third-order valence-corrected chi connectivity index (χ3v) is 6.20. The second-order valence-corrected chi connectivity index (χ2v) is 8.67. The van der Waals surface area contributed by atoms with Gasteiger partial charge in [0.1, 0.15) is 12.4 Å². The first kappa shape index (κ1) is 22.8. The highest BCUT2D eigenvalue weighted by molar-refractivity contribution is 5.96. The van der Waals surface area contributed by atoms with Crippen molar-refractivity contribution in [1.82, 2.24) is 0 Å². The van der Waals surface area contributed by atoms with Gasteiger partial charge in [-0.3, -0.25) is 9.59 Å². The van der Waals surface area contributed by atoms with Gasteiger partial charge in [0.05, 0.1) is 6.61 Å². The van der Waals surface area contributed by atoms with Crippen LogP contribution in [-0.4, -0.2) is 35.3 Å². The molecule has 0 aliphatic heterocycles. The molecule has 1 aliphatic rings. The van der Waals surface area contributed by atoms with Gasteiger partial charge < -0.3 is 20.3 Å². The van der Waals surface area contributed by atoms with E-state index in [0.717, 1.165) is 33.2 Å². The van der Waals surface area contributed by atoms with Crippen LogP contribution in [0.2, 0.25) is 0 Å². The molecule has 0 heterocycles. The Balaban J connectivity index is 1.67. The van der Waals surface area contributed by atoms with Gasteiger partial charge in [0.2, 0.25) is 5.91 Å². The first-order chi connectivity index (χ1) is 16.0. The molecule has 0 radical (unpaired) electrons. The monoisotopic (exact) mass is 447 g/mol. The smallest absolute Gasteiger partial charge is 0.303 e. The van der Waals surface area contributed by atoms with Gasteiger partial charge in [0.25, 0.3) is 0 Å². The molecule has 1 amide bonds. The van der Waals surface area contributed by atoms with Gasteiger partial charge in [0, 0.05) is 17.7 Å². The molecule has 6 nitrogen and oxygen atoms in total. The normalized spacial score (nSPS) is 13.8. The van der Waals surface area contributed by atoms with E-state index < -0.39 is 18.5 Å². The minimum Gasteiger partial charge on any atom is -0.493 e. The average molecular weight is 448 g/mol. The molecule has 3 aromatic rings. The molecule has 0 aromatic heterocycles.